The van der Waals surface area contributed by atoms with Gasteiger partial charge in [-0.3, -0.25) is 4.79 Å². The summed E-state index contributed by atoms with van der Waals surface area (Å²) in [5.41, 5.74) is 2.52. The number of fused-ring (bicyclic) bond motifs is 1. The van der Waals surface area contributed by atoms with Gasteiger partial charge in [0, 0.05) is 5.69 Å². The average molecular weight is 269 g/mol. The third-order valence-electron chi connectivity index (χ3n) is 2.66. The molecule has 3 rings (SSSR count). The predicted molar refractivity (Wildman–Crippen MR) is 79.0 cm³/mol. The number of aromatic nitrogens is 1. The predicted octanol–water partition coefficient (Wildman–Crippen LogP) is 3.61. The van der Waals surface area contributed by atoms with Gasteiger partial charge < -0.3 is 10.6 Å². The number of hydrogen-bond acceptors (Lipinski definition) is 4. The van der Waals surface area contributed by atoms with Crippen LogP contribution in [0.4, 0.5) is 16.5 Å². The molecule has 0 fully saturated rings. The number of nitrogens with one attached hydrogen (secondary N) is 2. The second-order valence-electron chi connectivity index (χ2n) is 3.92. The third kappa shape index (κ3) is 2.41. The Kier molecular flexibility index (Phi) is 3.12. The van der Waals surface area contributed by atoms with E-state index in [0.717, 1.165) is 26.7 Å². The van der Waals surface area contributed by atoms with Crippen molar-refractivity contribution in [2.45, 2.75) is 0 Å². The number of hydrogen-bond donors (Lipinski definition) is 2. The molecule has 1 aromatic heterocycles. The van der Waals surface area contributed by atoms with E-state index < -0.39 is 0 Å². The fourth-order valence-corrected chi connectivity index (χ4v) is 2.74. The van der Waals surface area contributed by atoms with Crippen LogP contribution in [0.3, 0.4) is 0 Å². The highest BCUT2D eigenvalue weighted by Gasteiger charge is 2.07. The van der Waals surface area contributed by atoms with Crippen LogP contribution in [0, 0.1) is 0 Å². The molecule has 94 valence electrons. The minimum atomic E-state index is 0.665. The molecule has 2 aromatic carbocycles. The van der Waals surface area contributed by atoms with Gasteiger partial charge in [-0.1, -0.05) is 35.6 Å². The fourth-order valence-electron chi connectivity index (χ4n) is 1.83. The topological polar surface area (TPSA) is 54.0 Å². The lowest BCUT2D eigenvalue weighted by atomic mass is 10.3. The zero-order valence-electron chi connectivity index (χ0n) is 9.96. The normalized spacial score (nSPS) is 10.3. The van der Waals surface area contributed by atoms with E-state index in [9.17, 15) is 4.79 Å². The lowest BCUT2D eigenvalue weighted by molar-refractivity contribution is -0.105. The lowest BCUT2D eigenvalue weighted by Crippen LogP contribution is -1.94. The molecule has 0 aliphatic rings. The fraction of sp³-hybridized carbons (Fsp3) is 0. The summed E-state index contributed by atoms with van der Waals surface area (Å²) in [6, 6.07) is 15.6. The summed E-state index contributed by atoms with van der Waals surface area (Å²) in [4.78, 5) is 15.1. The van der Waals surface area contributed by atoms with Gasteiger partial charge in [0.25, 0.3) is 0 Å². The monoisotopic (exact) mass is 269 g/mol. The number of anilines is 3. The molecular weight excluding hydrogens is 258 g/mol. The molecule has 0 radical (unpaired) electrons. The van der Waals surface area contributed by atoms with Crippen LogP contribution in [0.2, 0.25) is 0 Å². The Morgan fingerprint density at radius 1 is 1.05 bits per heavy atom. The number of rotatable bonds is 4. The Balaban J connectivity index is 1.97. The lowest BCUT2D eigenvalue weighted by Gasteiger charge is -2.00. The van der Waals surface area contributed by atoms with Gasteiger partial charge >= 0.3 is 0 Å². The van der Waals surface area contributed by atoms with Crippen molar-refractivity contribution in [3.63, 3.8) is 0 Å². The van der Waals surface area contributed by atoms with Gasteiger partial charge in [0.1, 0.15) is 5.52 Å². The summed E-state index contributed by atoms with van der Waals surface area (Å²) in [5, 5.41) is 6.72. The van der Waals surface area contributed by atoms with Gasteiger partial charge in [0.15, 0.2) is 5.13 Å². The molecule has 0 bridgehead atoms. The van der Waals surface area contributed by atoms with Crippen molar-refractivity contribution in [3.8, 4) is 0 Å². The molecular formula is C14H11N3OS. The first-order chi connectivity index (χ1) is 9.36. The van der Waals surface area contributed by atoms with E-state index in [-0.39, 0.29) is 0 Å². The molecule has 1 heterocycles. The van der Waals surface area contributed by atoms with E-state index in [1.807, 2.05) is 48.5 Å². The number of nitrogens with zero attached hydrogens (tertiary/aromatic N) is 1. The molecule has 0 saturated carbocycles. The van der Waals surface area contributed by atoms with Crippen molar-refractivity contribution in [2.75, 3.05) is 10.6 Å². The Morgan fingerprint density at radius 2 is 1.89 bits per heavy atom. The van der Waals surface area contributed by atoms with Gasteiger partial charge in [0.2, 0.25) is 6.41 Å². The van der Waals surface area contributed by atoms with Crippen molar-refractivity contribution in [1.29, 1.82) is 0 Å². The first-order valence-electron chi connectivity index (χ1n) is 5.78. The Bertz CT molecular complexity index is 709. The first-order valence-corrected chi connectivity index (χ1v) is 6.60. The number of benzene rings is 2. The molecule has 3 aromatic rings. The highest BCUT2D eigenvalue weighted by molar-refractivity contribution is 7.22. The maximum absolute atomic E-state index is 10.6. The van der Waals surface area contributed by atoms with Crippen LogP contribution < -0.4 is 10.6 Å². The van der Waals surface area contributed by atoms with Gasteiger partial charge in [-0.25, -0.2) is 4.98 Å². The molecule has 5 heteroatoms. The second-order valence-corrected chi connectivity index (χ2v) is 4.96. The summed E-state index contributed by atoms with van der Waals surface area (Å²) in [6.45, 7) is 0. The van der Waals surface area contributed by atoms with Crippen LogP contribution in [0.1, 0.15) is 0 Å². The van der Waals surface area contributed by atoms with Crippen molar-refractivity contribution in [1.82, 2.24) is 4.98 Å². The third-order valence-corrected chi connectivity index (χ3v) is 3.59. The van der Waals surface area contributed by atoms with E-state index >= 15 is 0 Å². The SMILES string of the molecule is O=CNc1cccc2sc(Nc3ccccc3)nc12. The maximum atomic E-state index is 10.6. The molecule has 4 nitrogen and oxygen atoms in total. The molecule has 0 atom stereocenters. The Labute approximate surface area is 114 Å². The van der Waals surface area contributed by atoms with E-state index in [2.05, 4.69) is 15.6 Å². The number of para-hydroxylation sites is 2. The van der Waals surface area contributed by atoms with E-state index in [0.29, 0.717) is 6.41 Å². The zero-order valence-corrected chi connectivity index (χ0v) is 10.8. The minimum Gasteiger partial charge on any atom is -0.332 e. The van der Waals surface area contributed by atoms with Crippen molar-refractivity contribution < 1.29 is 4.79 Å². The van der Waals surface area contributed by atoms with E-state index in [1.165, 1.54) is 0 Å². The molecule has 1 amide bonds. The van der Waals surface area contributed by atoms with Crippen molar-refractivity contribution >= 4 is 44.5 Å². The van der Waals surface area contributed by atoms with Crippen LogP contribution in [-0.2, 0) is 4.79 Å². The highest BCUT2D eigenvalue weighted by atomic mass is 32.1. The summed E-state index contributed by atoms with van der Waals surface area (Å²) in [6.07, 6.45) is 0.665. The summed E-state index contributed by atoms with van der Waals surface area (Å²) in [7, 11) is 0. The van der Waals surface area contributed by atoms with E-state index in [1.54, 1.807) is 11.3 Å². The van der Waals surface area contributed by atoms with Crippen LogP contribution in [0.25, 0.3) is 10.2 Å². The molecule has 0 unspecified atom stereocenters. The van der Waals surface area contributed by atoms with Gasteiger partial charge in [-0.2, -0.15) is 0 Å². The number of carbonyl (C=O) groups is 1. The Morgan fingerprint density at radius 3 is 2.68 bits per heavy atom. The number of amides is 1. The molecule has 19 heavy (non-hydrogen) atoms. The Hall–Kier alpha value is -2.40. The zero-order chi connectivity index (χ0) is 13.1. The molecule has 0 aliphatic heterocycles. The highest BCUT2D eigenvalue weighted by Crippen LogP contribution is 2.32. The van der Waals surface area contributed by atoms with Crippen molar-refractivity contribution in [2.24, 2.45) is 0 Å². The minimum absolute atomic E-state index is 0.665. The first kappa shape index (κ1) is 11.7. The van der Waals surface area contributed by atoms with Crippen LogP contribution in [0.15, 0.2) is 48.5 Å². The summed E-state index contributed by atoms with van der Waals surface area (Å²) in [5.74, 6) is 0. The summed E-state index contributed by atoms with van der Waals surface area (Å²) >= 11 is 1.55. The maximum Gasteiger partial charge on any atom is 0.211 e. The largest absolute Gasteiger partial charge is 0.332 e. The van der Waals surface area contributed by atoms with E-state index in [4.69, 9.17) is 0 Å². The molecule has 2 N–H and O–H groups in total. The quantitative estimate of drug-likeness (QED) is 0.711. The van der Waals surface area contributed by atoms with Gasteiger partial charge in [-0.05, 0) is 24.3 Å². The van der Waals surface area contributed by atoms with Crippen LogP contribution in [0.5, 0.6) is 0 Å². The van der Waals surface area contributed by atoms with Crippen molar-refractivity contribution in [3.05, 3.63) is 48.5 Å². The average Bonchev–Trinajstić information content (AvgIpc) is 2.84. The standard InChI is InChI=1S/C14H11N3OS/c18-9-15-11-7-4-8-12-13(11)17-14(19-12)16-10-5-2-1-3-6-10/h1-9H,(H,15,18)(H,16,17). The number of carbonyl (C=O) groups excluding carboxylic acids is 1. The van der Waals surface area contributed by atoms with Gasteiger partial charge in [0.05, 0.1) is 10.4 Å². The number of thiazole rings is 1. The molecule has 0 spiro atoms. The van der Waals surface area contributed by atoms with Crippen LogP contribution in [-0.4, -0.2) is 11.4 Å². The second kappa shape index (κ2) is 5.07. The smallest absolute Gasteiger partial charge is 0.211 e. The molecule has 0 saturated heterocycles. The molecule has 0 aliphatic carbocycles. The van der Waals surface area contributed by atoms with Gasteiger partial charge in [-0.15, -0.1) is 0 Å². The summed E-state index contributed by atoms with van der Waals surface area (Å²) < 4.78 is 1.03. The van der Waals surface area contributed by atoms with Crippen LogP contribution >= 0.6 is 11.3 Å².